The van der Waals surface area contributed by atoms with Gasteiger partial charge in [0.25, 0.3) is 0 Å². The predicted molar refractivity (Wildman–Crippen MR) is 141 cm³/mol. The molecule has 1 aliphatic carbocycles. The SMILES string of the molecule is CCNC(=NCc1ccccc1OCC1CC1)NC1CCN(Cc2ccccn2)CC1.I. The summed E-state index contributed by atoms with van der Waals surface area (Å²) in [6.07, 6.45) is 6.69. The number of para-hydroxylation sites is 1. The molecule has 4 rings (SSSR count). The van der Waals surface area contributed by atoms with Crippen LogP contribution >= 0.6 is 24.0 Å². The quantitative estimate of drug-likeness (QED) is 0.279. The van der Waals surface area contributed by atoms with E-state index >= 15 is 0 Å². The Morgan fingerprint density at radius 1 is 1.09 bits per heavy atom. The van der Waals surface area contributed by atoms with Crippen LogP contribution in [0.15, 0.2) is 53.7 Å². The van der Waals surface area contributed by atoms with E-state index in [2.05, 4.69) is 57.8 Å². The summed E-state index contributed by atoms with van der Waals surface area (Å²) in [4.78, 5) is 11.8. The standard InChI is InChI=1S/C25H35N5O.HI/c1-2-26-25(28-17-21-7-3-4-9-24(21)31-19-20-10-11-20)29-22-12-15-30(16-13-22)18-23-8-5-6-14-27-23;/h3-9,14,20,22H,2,10-13,15-19H2,1H3,(H2,26,28,29);1H. The molecule has 174 valence electrons. The summed E-state index contributed by atoms with van der Waals surface area (Å²) in [5.74, 6) is 2.61. The first-order valence-corrected chi connectivity index (χ1v) is 11.7. The number of aliphatic imine (C=N–C) groups is 1. The van der Waals surface area contributed by atoms with Gasteiger partial charge in [0.05, 0.1) is 18.8 Å². The van der Waals surface area contributed by atoms with Gasteiger partial charge in [-0.15, -0.1) is 24.0 Å². The van der Waals surface area contributed by atoms with Crippen molar-refractivity contribution in [3.8, 4) is 5.75 Å². The summed E-state index contributed by atoms with van der Waals surface area (Å²) >= 11 is 0. The third kappa shape index (κ3) is 7.92. The minimum atomic E-state index is 0. The summed E-state index contributed by atoms with van der Waals surface area (Å²) in [6, 6.07) is 14.9. The number of hydrogen-bond donors (Lipinski definition) is 2. The third-order valence-corrected chi connectivity index (χ3v) is 5.94. The Morgan fingerprint density at radius 3 is 2.59 bits per heavy atom. The summed E-state index contributed by atoms with van der Waals surface area (Å²) < 4.78 is 6.04. The van der Waals surface area contributed by atoms with Crippen LogP contribution in [-0.2, 0) is 13.1 Å². The monoisotopic (exact) mass is 549 g/mol. The Bertz CT molecular complexity index is 835. The number of likely N-dealkylation sites (tertiary alicyclic amines) is 1. The maximum atomic E-state index is 6.04. The molecule has 32 heavy (non-hydrogen) atoms. The highest BCUT2D eigenvalue weighted by Gasteiger charge is 2.22. The highest BCUT2D eigenvalue weighted by Crippen LogP contribution is 2.30. The lowest BCUT2D eigenvalue weighted by molar-refractivity contribution is 0.196. The highest BCUT2D eigenvalue weighted by molar-refractivity contribution is 14.0. The van der Waals surface area contributed by atoms with Crippen LogP contribution < -0.4 is 15.4 Å². The molecule has 1 aromatic heterocycles. The van der Waals surface area contributed by atoms with Crippen LogP contribution in [0.2, 0.25) is 0 Å². The molecule has 1 saturated carbocycles. The molecule has 2 fully saturated rings. The van der Waals surface area contributed by atoms with E-state index in [1.54, 1.807) is 0 Å². The second-order valence-corrected chi connectivity index (χ2v) is 8.57. The smallest absolute Gasteiger partial charge is 0.191 e. The van der Waals surface area contributed by atoms with Crippen LogP contribution in [-0.4, -0.2) is 48.1 Å². The number of ether oxygens (including phenoxy) is 1. The molecule has 0 atom stereocenters. The summed E-state index contributed by atoms with van der Waals surface area (Å²) in [7, 11) is 0. The number of nitrogens with one attached hydrogen (secondary N) is 2. The van der Waals surface area contributed by atoms with Crippen molar-refractivity contribution in [2.75, 3.05) is 26.2 Å². The van der Waals surface area contributed by atoms with E-state index in [0.29, 0.717) is 12.6 Å². The molecule has 2 aliphatic rings. The van der Waals surface area contributed by atoms with Gasteiger partial charge in [-0.05, 0) is 56.7 Å². The molecule has 1 aliphatic heterocycles. The van der Waals surface area contributed by atoms with Gasteiger partial charge in [-0.3, -0.25) is 9.88 Å². The van der Waals surface area contributed by atoms with Crippen LogP contribution in [0.1, 0.15) is 43.9 Å². The van der Waals surface area contributed by atoms with Crippen molar-refractivity contribution in [3.63, 3.8) is 0 Å². The zero-order chi connectivity index (χ0) is 21.3. The summed E-state index contributed by atoms with van der Waals surface area (Å²) in [5.41, 5.74) is 2.29. The van der Waals surface area contributed by atoms with E-state index in [1.165, 1.54) is 12.8 Å². The van der Waals surface area contributed by atoms with Crippen molar-refractivity contribution in [3.05, 3.63) is 59.9 Å². The van der Waals surface area contributed by atoms with Gasteiger partial charge >= 0.3 is 0 Å². The molecular formula is C25H36IN5O. The molecule has 2 heterocycles. The Hall–Kier alpha value is -1.87. The van der Waals surface area contributed by atoms with E-state index in [4.69, 9.17) is 9.73 Å². The minimum absolute atomic E-state index is 0. The lowest BCUT2D eigenvalue weighted by Crippen LogP contribution is -2.48. The number of guanidine groups is 1. The van der Waals surface area contributed by atoms with Crippen molar-refractivity contribution in [2.45, 2.75) is 51.7 Å². The normalized spacial score (nSPS) is 17.5. The van der Waals surface area contributed by atoms with Crippen LogP contribution in [0.25, 0.3) is 0 Å². The lowest BCUT2D eigenvalue weighted by Gasteiger charge is -2.32. The summed E-state index contributed by atoms with van der Waals surface area (Å²) in [6.45, 7) is 7.49. The molecule has 7 heteroatoms. The van der Waals surface area contributed by atoms with E-state index in [1.807, 2.05) is 18.3 Å². The number of aromatic nitrogens is 1. The molecule has 0 radical (unpaired) electrons. The zero-order valence-corrected chi connectivity index (χ0v) is 21.3. The van der Waals surface area contributed by atoms with E-state index in [9.17, 15) is 0 Å². The molecule has 0 amide bonds. The lowest BCUT2D eigenvalue weighted by atomic mass is 10.0. The second-order valence-electron chi connectivity index (χ2n) is 8.57. The van der Waals surface area contributed by atoms with Gasteiger partial charge in [0.15, 0.2) is 5.96 Å². The number of rotatable bonds is 9. The van der Waals surface area contributed by atoms with Crippen LogP contribution in [0.4, 0.5) is 0 Å². The Labute approximate surface area is 209 Å². The fourth-order valence-electron chi connectivity index (χ4n) is 3.90. The van der Waals surface area contributed by atoms with Gasteiger partial charge in [-0.25, -0.2) is 4.99 Å². The molecule has 2 aromatic rings. The number of nitrogens with zero attached hydrogens (tertiary/aromatic N) is 3. The van der Waals surface area contributed by atoms with Gasteiger partial charge in [-0.2, -0.15) is 0 Å². The van der Waals surface area contributed by atoms with Gasteiger partial charge in [0, 0.05) is 44.0 Å². The summed E-state index contributed by atoms with van der Waals surface area (Å²) in [5, 5.41) is 7.05. The Balaban J connectivity index is 0.00000289. The molecule has 0 bridgehead atoms. The first-order chi connectivity index (χ1) is 15.3. The molecule has 0 spiro atoms. The maximum absolute atomic E-state index is 6.04. The largest absolute Gasteiger partial charge is 0.493 e. The van der Waals surface area contributed by atoms with E-state index < -0.39 is 0 Å². The number of halogens is 1. The van der Waals surface area contributed by atoms with Crippen LogP contribution in [0.3, 0.4) is 0 Å². The maximum Gasteiger partial charge on any atom is 0.191 e. The first-order valence-electron chi connectivity index (χ1n) is 11.7. The minimum Gasteiger partial charge on any atom is -0.493 e. The molecule has 1 aromatic carbocycles. The van der Waals surface area contributed by atoms with Crippen molar-refractivity contribution in [1.29, 1.82) is 0 Å². The number of pyridine rings is 1. The van der Waals surface area contributed by atoms with Gasteiger partial charge < -0.3 is 15.4 Å². The van der Waals surface area contributed by atoms with Crippen molar-refractivity contribution < 1.29 is 4.74 Å². The highest BCUT2D eigenvalue weighted by atomic mass is 127. The number of benzene rings is 1. The van der Waals surface area contributed by atoms with Crippen LogP contribution in [0, 0.1) is 5.92 Å². The topological polar surface area (TPSA) is 61.8 Å². The first kappa shape index (κ1) is 24.8. The second kappa shape index (κ2) is 13.0. The van der Waals surface area contributed by atoms with Crippen molar-refractivity contribution in [2.24, 2.45) is 10.9 Å². The molecule has 0 unspecified atom stereocenters. The fourth-order valence-corrected chi connectivity index (χ4v) is 3.90. The van der Waals surface area contributed by atoms with Crippen molar-refractivity contribution >= 4 is 29.9 Å². The number of piperidine rings is 1. The fraction of sp³-hybridized carbons (Fsp3) is 0.520. The van der Waals surface area contributed by atoms with Crippen molar-refractivity contribution in [1.82, 2.24) is 20.5 Å². The van der Waals surface area contributed by atoms with Crippen LogP contribution in [0.5, 0.6) is 5.75 Å². The third-order valence-electron chi connectivity index (χ3n) is 5.94. The molecule has 2 N–H and O–H groups in total. The number of hydrogen-bond acceptors (Lipinski definition) is 4. The zero-order valence-electron chi connectivity index (χ0n) is 19.0. The average molecular weight is 550 g/mol. The van der Waals surface area contributed by atoms with Gasteiger partial charge in [0.1, 0.15) is 5.75 Å². The average Bonchev–Trinajstić information content (AvgIpc) is 3.63. The van der Waals surface area contributed by atoms with Gasteiger partial charge in [0.2, 0.25) is 0 Å². The molecule has 6 nitrogen and oxygen atoms in total. The van der Waals surface area contributed by atoms with E-state index in [0.717, 1.165) is 74.5 Å². The van der Waals surface area contributed by atoms with E-state index in [-0.39, 0.29) is 24.0 Å². The predicted octanol–water partition coefficient (Wildman–Crippen LogP) is 4.21. The Morgan fingerprint density at radius 2 is 1.88 bits per heavy atom. The molecular weight excluding hydrogens is 513 g/mol. The molecule has 1 saturated heterocycles. The Kier molecular flexibility index (Phi) is 10.1. The van der Waals surface area contributed by atoms with Gasteiger partial charge in [-0.1, -0.05) is 24.3 Å².